The lowest BCUT2D eigenvalue weighted by atomic mass is 9.88. The zero-order valence-electron chi connectivity index (χ0n) is 7.61. The fraction of sp³-hybridized carbons (Fsp3) is 0.444. The maximum Gasteiger partial charge on any atom is 0.196 e. The van der Waals surface area contributed by atoms with Crippen LogP contribution in [0.1, 0.15) is 19.4 Å². The van der Waals surface area contributed by atoms with Crippen LogP contribution in [-0.2, 0) is 15.3 Å². The van der Waals surface area contributed by atoms with Crippen molar-refractivity contribution in [1.29, 1.82) is 0 Å². The summed E-state index contributed by atoms with van der Waals surface area (Å²) in [5.74, 6) is 0.173. The van der Waals surface area contributed by atoms with Gasteiger partial charge in [0.1, 0.15) is 0 Å². The lowest BCUT2D eigenvalue weighted by Crippen LogP contribution is -2.18. The maximum absolute atomic E-state index is 11.6. The second kappa shape index (κ2) is 2.32. The Hall–Kier alpha value is -0.900. The van der Waals surface area contributed by atoms with Gasteiger partial charge < -0.3 is 0 Å². The average molecular weight is 197 g/mol. The lowest BCUT2D eigenvalue weighted by Gasteiger charge is -2.15. The number of hydrogen-bond donors (Lipinski definition) is 0. The summed E-state index contributed by atoms with van der Waals surface area (Å²) in [4.78, 5) is 3.92. The van der Waals surface area contributed by atoms with Gasteiger partial charge in [-0.3, -0.25) is 0 Å². The van der Waals surface area contributed by atoms with Crippen molar-refractivity contribution in [3.63, 3.8) is 0 Å². The fourth-order valence-electron chi connectivity index (χ4n) is 1.77. The third kappa shape index (κ3) is 1.16. The molecular formula is C9H11NO2S. The van der Waals surface area contributed by atoms with E-state index in [2.05, 4.69) is 4.98 Å². The van der Waals surface area contributed by atoms with Gasteiger partial charge in [-0.15, -0.1) is 0 Å². The number of fused-ring (bicyclic) bond motifs is 1. The second-order valence-electron chi connectivity index (χ2n) is 4.00. The summed E-state index contributed by atoms with van der Waals surface area (Å²) in [5, 5.41) is 0.264. The standard InChI is InChI=1S/C9H11NO2S/c1-9(2)6-13(11,12)8-7(9)4-3-5-10-8/h3-5H,6H2,1-2H3. The van der Waals surface area contributed by atoms with Crippen LogP contribution >= 0.6 is 0 Å². The monoisotopic (exact) mass is 197 g/mol. The van der Waals surface area contributed by atoms with Crippen molar-refractivity contribution in [2.45, 2.75) is 24.3 Å². The average Bonchev–Trinajstić information content (AvgIpc) is 2.20. The Bertz CT molecular complexity index is 448. The molecule has 0 radical (unpaired) electrons. The van der Waals surface area contributed by atoms with Gasteiger partial charge in [-0.05, 0) is 11.6 Å². The molecule has 1 aromatic rings. The van der Waals surface area contributed by atoms with Crippen molar-refractivity contribution in [3.8, 4) is 0 Å². The molecule has 0 atom stereocenters. The van der Waals surface area contributed by atoms with E-state index in [1.165, 1.54) is 6.20 Å². The molecule has 0 fully saturated rings. The van der Waals surface area contributed by atoms with Crippen LogP contribution in [0.4, 0.5) is 0 Å². The molecule has 0 spiro atoms. The van der Waals surface area contributed by atoms with Crippen LogP contribution in [-0.4, -0.2) is 19.2 Å². The quantitative estimate of drug-likeness (QED) is 0.626. The van der Waals surface area contributed by atoms with Crippen molar-refractivity contribution in [1.82, 2.24) is 4.98 Å². The summed E-state index contributed by atoms with van der Waals surface area (Å²) < 4.78 is 23.2. The van der Waals surface area contributed by atoms with Crippen LogP contribution in [0.15, 0.2) is 23.4 Å². The highest BCUT2D eigenvalue weighted by atomic mass is 32.2. The highest BCUT2D eigenvalue weighted by Crippen LogP contribution is 2.37. The van der Waals surface area contributed by atoms with E-state index >= 15 is 0 Å². The molecule has 0 saturated heterocycles. The number of aromatic nitrogens is 1. The van der Waals surface area contributed by atoms with Crippen LogP contribution in [0.25, 0.3) is 0 Å². The first-order valence-electron chi connectivity index (χ1n) is 4.12. The molecule has 0 N–H and O–H groups in total. The van der Waals surface area contributed by atoms with Crippen molar-refractivity contribution in [3.05, 3.63) is 23.9 Å². The Morgan fingerprint density at radius 2 is 2.15 bits per heavy atom. The Balaban J connectivity index is 2.79. The first kappa shape index (κ1) is 8.69. The molecule has 0 saturated carbocycles. The number of sulfone groups is 1. The van der Waals surface area contributed by atoms with E-state index in [4.69, 9.17) is 0 Å². The molecule has 0 unspecified atom stereocenters. The number of hydrogen-bond acceptors (Lipinski definition) is 3. The zero-order chi connectivity index (χ0) is 9.69. The smallest absolute Gasteiger partial charge is 0.196 e. The Kier molecular flexibility index (Phi) is 1.55. The summed E-state index contributed by atoms with van der Waals surface area (Å²) >= 11 is 0. The van der Waals surface area contributed by atoms with E-state index in [1.54, 1.807) is 6.07 Å². The second-order valence-corrected chi connectivity index (χ2v) is 5.90. The molecule has 0 amide bonds. The zero-order valence-corrected chi connectivity index (χ0v) is 8.43. The fourth-order valence-corrected chi connectivity index (χ4v) is 3.92. The maximum atomic E-state index is 11.6. The summed E-state index contributed by atoms with van der Waals surface area (Å²) in [7, 11) is -3.12. The van der Waals surface area contributed by atoms with E-state index in [-0.39, 0.29) is 16.2 Å². The number of pyridine rings is 1. The molecular weight excluding hydrogens is 186 g/mol. The first-order chi connectivity index (χ1) is 5.93. The van der Waals surface area contributed by atoms with E-state index in [9.17, 15) is 8.42 Å². The third-order valence-electron chi connectivity index (χ3n) is 2.35. The molecule has 3 nitrogen and oxygen atoms in total. The molecule has 2 rings (SSSR count). The van der Waals surface area contributed by atoms with Gasteiger partial charge in [-0.2, -0.15) is 0 Å². The first-order valence-corrected chi connectivity index (χ1v) is 5.77. The predicted molar refractivity (Wildman–Crippen MR) is 49.3 cm³/mol. The summed E-state index contributed by atoms with van der Waals surface area (Å²) in [6, 6.07) is 3.62. The van der Waals surface area contributed by atoms with Crippen LogP contribution in [0.5, 0.6) is 0 Å². The molecule has 4 heteroatoms. The van der Waals surface area contributed by atoms with Gasteiger partial charge in [0, 0.05) is 11.6 Å². The normalized spacial score (nSPS) is 22.6. The topological polar surface area (TPSA) is 47.0 Å². The van der Waals surface area contributed by atoms with Gasteiger partial charge in [0.25, 0.3) is 0 Å². The van der Waals surface area contributed by atoms with Crippen molar-refractivity contribution in [2.75, 3.05) is 5.75 Å². The molecule has 0 aliphatic carbocycles. The van der Waals surface area contributed by atoms with Gasteiger partial charge in [-0.25, -0.2) is 13.4 Å². The van der Waals surface area contributed by atoms with E-state index in [0.717, 1.165) is 5.56 Å². The van der Waals surface area contributed by atoms with Gasteiger partial charge in [0.15, 0.2) is 14.9 Å². The minimum Gasteiger partial charge on any atom is -0.244 e. The minimum atomic E-state index is -3.12. The van der Waals surface area contributed by atoms with Gasteiger partial charge in [0.05, 0.1) is 5.75 Å². The molecule has 1 aliphatic heterocycles. The highest BCUT2D eigenvalue weighted by molar-refractivity contribution is 7.91. The SMILES string of the molecule is CC1(C)CS(=O)(=O)c2ncccc21. The van der Waals surface area contributed by atoms with Crippen LogP contribution < -0.4 is 0 Å². The molecule has 0 aromatic carbocycles. The summed E-state index contributed by atoms with van der Waals surface area (Å²) in [6.07, 6.45) is 1.53. The summed E-state index contributed by atoms with van der Waals surface area (Å²) in [5.41, 5.74) is 0.553. The number of nitrogens with zero attached hydrogens (tertiary/aromatic N) is 1. The highest BCUT2D eigenvalue weighted by Gasteiger charge is 2.41. The molecule has 2 heterocycles. The van der Waals surface area contributed by atoms with Crippen LogP contribution in [0, 0.1) is 0 Å². The van der Waals surface area contributed by atoms with Crippen molar-refractivity contribution in [2.24, 2.45) is 0 Å². The summed E-state index contributed by atoms with van der Waals surface area (Å²) in [6.45, 7) is 3.86. The molecule has 13 heavy (non-hydrogen) atoms. The largest absolute Gasteiger partial charge is 0.244 e. The lowest BCUT2D eigenvalue weighted by molar-refractivity contribution is 0.572. The van der Waals surface area contributed by atoms with E-state index < -0.39 is 9.84 Å². The van der Waals surface area contributed by atoms with E-state index in [0.29, 0.717) is 0 Å². The van der Waals surface area contributed by atoms with Gasteiger partial charge in [0.2, 0.25) is 0 Å². The number of rotatable bonds is 0. The molecule has 0 bridgehead atoms. The Morgan fingerprint density at radius 3 is 2.77 bits per heavy atom. The molecule has 1 aromatic heterocycles. The van der Waals surface area contributed by atoms with Crippen molar-refractivity contribution >= 4 is 9.84 Å². The molecule has 70 valence electrons. The van der Waals surface area contributed by atoms with E-state index in [1.807, 2.05) is 19.9 Å². The Morgan fingerprint density at radius 1 is 1.46 bits per heavy atom. The Labute approximate surface area is 77.7 Å². The predicted octanol–water partition coefficient (Wildman–Crippen LogP) is 1.15. The van der Waals surface area contributed by atoms with Crippen LogP contribution in [0.3, 0.4) is 0 Å². The van der Waals surface area contributed by atoms with Crippen LogP contribution in [0.2, 0.25) is 0 Å². The van der Waals surface area contributed by atoms with Crippen molar-refractivity contribution < 1.29 is 8.42 Å². The van der Waals surface area contributed by atoms with Gasteiger partial charge >= 0.3 is 0 Å². The van der Waals surface area contributed by atoms with Gasteiger partial charge in [-0.1, -0.05) is 19.9 Å². The minimum absolute atomic E-state index is 0.173. The third-order valence-corrected chi connectivity index (χ3v) is 4.36. The molecule has 1 aliphatic rings.